The largest absolute Gasteiger partial charge is 0.469 e. The average Bonchev–Trinajstić information content (AvgIpc) is 3.04. The molecule has 0 N–H and O–H groups in total. The van der Waals surface area contributed by atoms with Gasteiger partial charge in [0.1, 0.15) is 5.78 Å². The summed E-state index contributed by atoms with van der Waals surface area (Å²) < 4.78 is 15.8. The van der Waals surface area contributed by atoms with Crippen LogP contribution in [0.25, 0.3) is 0 Å². The number of fused-ring (bicyclic) bond motifs is 1. The number of methoxy groups -OCH3 is 1. The third-order valence-corrected chi connectivity index (χ3v) is 5.36. The van der Waals surface area contributed by atoms with E-state index in [9.17, 15) is 9.59 Å². The molecule has 3 atom stereocenters. The molecule has 0 saturated heterocycles. The van der Waals surface area contributed by atoms with Crippen molar-refractivity contribution in [2.75, 3.05) is 13.9 Å². The van der Waals surface area contributed by atoms with Crippen LogP contribution in [-0.4, -0.2) is 25.7 Å². The summed E-state index contributed by atoms with van der Waals surface area (Å²) in [6.07, 6.45) is 2.74. The fourth-order valence-electron chi connectivity index (χ4n) is 4.00. The van der Waals surface area contributed by atoms with Crippen molar-refractivity contribution in [2.45, 2.75) is 39.5 Å². The van der Waals surface area contributed by atoms with Gasteiger partial charge < -0.3 is 14.2 Å². The van der Waals surface area contributed by atoms with Crippen LogP contribution in [0.3, 0.4) is 0 Å². The van der Waals surface area contributed by atoms with Crippen molar-refractivity contribution in [3.05, 3.63) is 36.4 Å². The molecular weight excluding hydrogens is 320 g/mol. The molecule has 0 unspecified atom stereocenters. The number of hydrogen-bond donors (Lipinski definition) is 0. The molecule has 1 aromatic carbocycles. The Balaban J connectivity index is 0.00000225. The van der Waals surface area contributed by atoms with E-state index in [1.165, 1.54) is 7.11 Å². The van der Waals surface area contributed by atoms with E-state index >= 15 is 0 Å². The van der Waals surface area contributed by atoms with E-state index in [0.717, 1.165) is 5.56 Å². The minimum absolute atomic E-state index is 0. The minimum Gasteiger partial charge on any atom is -0.469 e. The second-order valence-electron chi connectivity index (χ2n) is 6.57. The quantitative estimate of drug-likeness (QED) is 0.612. The van der Waals surface area contributed by atoms with Crippen molar-refractivity contribution in [1.29, 1.82) is 0 Å². The molecule has 1 saturated carbocycles. The van der Waals surface area contributed by atoms with Crippen molar-refractivity contribution < 1.29 is 23.8 Å². The lowest BCUT2D eigenvalue weighted by atomic mass is 9.59. The molecule has 2 aliphatic rings. The number of Topliss-reactive ketones (excluding diaryl/α,β-unsaturated/α-hetero) is 1. The fourth-order valence-corrected chi connectivity index (χ4v) is 4.00. The Bertz CT molecular complexity index is 681. The zero-order valence-corrected chi connectivity index (χ0v) is 14.0. The van der Waals surface area contributed by atoms with E-state index in [0.29, 0.717) is 24.3 Å². The Morgan fingerprint density at radius 3 is 2.80 bits per heavy atom. The van der Waals surface area contributed by atoms with E-state index in [4.69, 9.17) is 14.2 Å². The number of ether oxygens (including phenoxy) is 3. The van der Waals surface area contributed by atoms with Gasteiger partial charge in [-0.1, -0.05) is 26.5 Å². The number of ketones is 1. The summed E-state index contributed by atoms with van der Waals surface area (Å²) >= 11 is 0. The van der Waals surface area contributed by atoms with Gasteiger partial charge in [-0.25, -0.2) is 0 Å². The number of benzene rings is 1. The van der Waals surface area contributed by atoms with Gasteiger partial charge in [-0.2, -0.15) is 0 Å². The van der Waals surface area contributed by atoms with Crippen molar-refractivity contribution in [2.24, 2.45) is 11.3 Å². The highest BCUT2D eigenvalue weighted by atomic mass is 16.7. The highest BCUT2D eigenvalue weighted by Crippen LogP contribution is 2.51. The van der Waals surface area contributed by atoms with Crippen LogP contribution in [0.5, 0.6) is 11.5 Å². The summed E-state index contributed by atoms with van der Waals surface area (Å²) in [6, 6.07) is 5.72. The van der Waals surface area contributed by atoms with E-state index in [1.807, 2.05) is 25.1 Å². The molecule has 0 aromatic heterocycles. The van der Waals surface area contributed by atoms with Crippen LogP contribution in [0.2, 0.25) is 0 Å². The summed E-state index contributed by atoms with van der Waals surface area (Å²) in [7, 11) is 1.37. The molecule has 5 heteroatoms. The minimum atomic E-state index is -0.854. The third-order valence-electron chi connectivity index (χ3n) is 5.36. The summed E-state index contributed by atoms with van der Waals surface area (Å²) in [6.45, 7) is 5.99. The van der Waals surface area contributed by atoms with Crippen LogP contribution in [0.1, 0.15) is 45.1 Å². The Kier molecular flexibility index (Phi) is 5.55. The first kappa shape index (κ1) is 19.0. The van der Waals surface area contributed by atoms with Crippen LogP contribution < -0.4 is 9.47 Å². The predicted octanol–water partition coefficient (Wildman–Crippen LogP) is 3.87. The molecule has 1 aliphatic carbocycles. The molecule has 1 aromatic rings. The molecule has 0 spiro atoms. The van der Waals surface area contributed by atoms with Crippen molar-refractivity contribution in [3.8, 4) is 11.5 Å². The molecule has 3 rings (SSSR count). The van der Waals surface area contributed by atoms with Crippen molar-refractivity contribution in [1.82, 2.24) is 0 Å². The first-order valence-electron chi connectivity index (χ1n) is 8.12. The van der Waals surface area contributed by atoms with E-state index < -0.39 is 5.41 Å². The van der Waals surface area contributed by atoms with Crippen LogP contribution in [0, 0.1) is 11.3 Å². The summed E-state index contributed by atoms with van der Waals surface area (Å²) in [4.78, 5) is 25.0. The SMILES string of the molecule is C.C=CC[C@]1(C(=O)OC)CC(=O)C[C@H](c2ccc3c(c2)OCO3)[C@H]1C. The average molecular weight is 346 g/mol. The summed E-state index contributed by atoms with van der Waals surface area (Å²) in [5, 5.41) is 0. The molecular formula is C20H26O5. The summed E-state index contributed by atoms with van der Waals surface area (Å²) in [5.41, 5.74) is 0.129. The third kappa shape index (κ3) is 3.15. The molecule has 0 amide bonds. The maximum absolute atomic E-state index is 12.5. The topological polar surface area (TPSA) is 61.8 Å². The Labute approximate surface area is 149 Å². The maximum atomic E-state index is 12.5. The second kappa shape index (κ2) is 7.30. The van der Waals surface area contributed by atoms with E-state index in [2.05, 4.69) is 6.58 Å². The highest BCUT2D eigenvalue weighted by Gasteiger charge is 2.51. The normalized spacial score (nSPS) is 27.4. The Hall–Kier alpha value is -2.30. The first-order valence-corrected chi connectivity index (χ1v) is 8.12. The smallest absolute Gasteiger partial charge is 0.312 e. The number of hydrogen-bond acceptors (Lipinski definition) is 5. The second-order valence-corrected chi connectivity index (χ2v) is 6.57. The number of carbonyl (C=O) groups is 2. The number of esters is 1. The van der Waals surface area contributed by atoms with E-state index in [-0.39, 0.29) is 44.2 Å². The van der Waals surface area contributed by atoms with Gasteiger partial charge in [0, 0.05) is 12.8 Å². The van der Waals surface area contributed by atoms with Crippen LogP contribution in [-0.2, 0) is 14.3 Å². The number of carbonyl (C=O) groups excluding carboxylic acids is 2. The fraction of sp³-hybridized carbons (Fsp3) is 0.500. The molecule has 1 heterocycles. The molecule has 136 valence electrons. The van der Waals surface area contributed by atoms with Gasteiger partial charge in [0.15, 0.2) is 11.5 Å². The molecule has 1 aliphatic heterocycles. The standard InChI is InChI=1S/C19H22O5.CH4/c1-4-7-19(18(21)22-3)10-14(20)9-15(12(19)2)13-5-6-16-17(8-13)24-11-23-16;/h4-6,8,12,15H,1,7,9-11H2,2-3H3;1H4/t12-,15+,19+;/m1./s1. The lowest BCUT2D eigenvalue weighted by molar-refractivity contribution is -0.161. The first-order chi connectivity index (χ1) is 11.5. The highest BCUT2D eigenvalue weighted by molar-refractivity contribution is 5.89. The monoisotopic (exact) mass is 346 g/mol. The number of rotatable bonds is 4. The molecule has 0 bridgehead atoms. The van der Waals surface area contributed by atoms with Gasteiger partial charge in [0.05, 0.1) is 12.5 Å². The van der Waals surface area contributed by atoms with Crippen LogP contribution in [0.15, 0.2) is 30.9 Å². The van der Waals surface area contributed by atoms with E-state index in [1.54, 1.807) is 6.08 Å². The van der Waals surface area contributed by atoms with Gasteiger partial charge in [0.2, 0.25) is 6.79 Å². The van der Waals surface area contributed by atoms with Crippen LogP contribution in [0.4, 0.5) is 0 Å². The lowest BCUT2D eigenvalue weighted by Gasteiger charge is -2.43. The van der Waals surface area contributed by atoms with Crippen LogP contribution >= 0.6 is 0 Å². The number of allylic oxidation sites excluding steroid dienone is 1. The van der Waals surface area contributed by atoms with Gasteiger partial charge in [-0.15, -0.1) is 6.58 Å². The zero-order valence-electron chi connectivity index (χ0n) is 14.0. The van der Waals surface area contributed by atoms with Gasteiger partial charge in [-0.05, 0) is 36.0 Å². The molecule has 5 nitrogen and oxygen atoms in total. The Morgan fingerprint density at radius 2 is 2.12 bits per heavy atom. The maximum Gasteiger partial charge on any atom is 0.312 e. The lowest BCUT2D eigenvalue weighted by Crippen LogP contribution is -2.46. The molecule has 0 radical (unpaired) electrons. The van der Waals surface area contributed by atoms with Crippen molar-refractivity contribution in [3.63, 3.8) is 0 Å². The molecule has 25 heavy (non-hydrogen) atoms. The van der Waals surface area contributed by atoms with Gasteiger partial charge >= 0.3 is 5.97 Å². The van der Waals surface area contributed by atoms with Crippen molar-refractivity contribution >= 4 is 11.8 Å². The molecule has 1 fully saturated rings. The summed E-state index contributed by atoms with van der Waals surface area (Å²) in [5.74, 6) is 1.00. The van der Waals surface area contributed by atoms with Gasteiger partial charge in [0.25, 0.3) is 0 Å². The Morgan fingerprint density at radius 1 is 1.40 bits per heavy atom. The zero-order chi connectivity index (χ0) is 17.3. The predicted molar refractivity (Wildman–Crippen MR) is 94.7 cm³/mol. The van der Waals surface area contributed by atoms with Gasteiger partial charge in [-0.3, -0.25) is 9.59 Å².